The quantitative estimate of drug-likeness (QED) is 0.821. The average Bonchev–Trinajstić information content (AvgIpc) is 2.68. The first kappa shape index (κ1) is 11.9. The van der Waals surface area contributed by atoms with Crippen LogP contribution in [0, 0.1) is 0 Å². The highest BCUT2D eigenvalue weighted by Gasteiger charge is 2.28. The van der Waals surface area contributed by atoms with Gasteiger partial charge in [-0.2, -0.15) is 0 Å². The number of amides is 1. The first-order valence-corrected chi connectivity index (χ1v) is 5.68. The predicted molar refractivity (Wildman–Crippen MR) is 63.7 cm³/mol. The summed E-state index contributed by atoms with van der Waals surface area (Å²) >= 11 is 0. The molecule has 0 saturated carbocycles. The molecule has 0 radical (unpaired) electrons. The van der Waals surface area contributed by atoms with Crippen LogP contribution in [0.4, 0.5) is 0 Å². The van der Waals surface area contributed by atoms with E-state index < -0.39 is 0 Å². The van der Waals surface area contributed by atoms with Crippen molar-refractivity contribution in [2.24, 2.45) is 0 Å². The number of nitrogens with zero attached hydrogens (tertiary/aromatic N) is 2. The van der Waals surface area contributed by atoms with Gasteiger partial charge in [0.25, 0.3) is 0 Å². The maximum Gasteiger partial charge on any atom is 0.239 e. The van der Waals surface area contributed by atoms with Crippen molar-refractivity contribution >= 4 is 5.91 Å². The number of likely N-dealkylation sites (N-methyl/N-ethyl adjacent to an activating group) is 1. The molecule has 0 bridgehead atoms. The van der Waals surface area contributed by atoms with Crippen molar-refractivity contribution in [3.63, 3.8) is 0 Å². The fourth-order valence-electron chi connectivity index (χ4n) is 1.99. The minimum Gasteiger partial charge on any atom is -0.481 e. The number of carbonyl (C=O) groups is 1. The molecule has 1 aliphatic heterocycles. The highest BCUT2D eigenvalue weighted by Crippen LogP contribution is 2.15. The van der Waals surface area contributed by atoms with Gasteiger partial charge in [0, 0.05) is 31.9 Å². The topological polar surface area (TPSA) is 54.5 Å². The molecule has 1 fully saturated rings. The zero-order valence-electron chi connectivity index (χ0n) is 10.1. The van der Waals surface area contributed by atoms with Gasteiger partial charge < -0.3 is 15.0 Å². The normalized spacial score (nSPS) is 19.8. The zero-order valence-corrected chi connectivity index (χ0v) is 10.1. The summed E-state index contributed by atoms with van der Waals surface area (Å²) in [7, 11) is 3.43. The minimum absolute atomic E-state index is 0.0788. The molecule has 1 aromatic rings. The lowest BCUT2D eigenvalue weighted by molar-refractivity contribution is -0.128. The molecule has 1 unspecified atom stereocenters. The summed E-state index contributed by atoms with van der Waals surface area (Å²) in [6.45, 7) is 1.42. The Morgan fingerprint density at radius 1 is 1.65 bits per heavy atom. The van der Waals surface area contributed by atoms with E-state index in [0.717, 1.165) is 18.5 Å². The van der Waals surface area contributed by atoms with E-state index in [1.54, 1.807) is 18.2 Å². The molecule has 1 aromatic heterocycles. The molecule has 17 heavy (non-hydrogen) atoms. The molecule has 1 N–H and O–H groups in total. The molecule has 2 heterocycles. The summed E-state index contributed by atoms with van der Waals surface area (Å²) in [6.07, 6.45) is 2.55. The van der Waals surface area contributed by atoms with E-state index in [4.69, 9.17) is 4.74 Å². The van der Waals surface area contributed by atoms with Crippen LogP contribution in [0.3, 0.4) is 0 Å². The van der Waals surface area contributed by atoms with Gasteiger partial charge in [-0.25, -0.2) is 4.98 Å². The van der Waals surface area contributed by atoms with E-state index in [9.17, 15) is 4.79 Å². The molecule has 1 atom stereocenters. The van der Waals surface area contributed by atoms with Gasteiger partial charge in [0.15, 0.2) is 0 Å². The van der Waals surface area contributed by atoms with Crippen LogP contribution in [0.1, 0.15) is 12.0 Å². The number of hydrogen-bond acceptors (Lipinski definition) is 4. The lowest BCUT2D eigenvalue weighted by Gasteiger charge is -2.13. The highest BCUT2D eigenvalue weighted by molar-refractivity contribution is 5.83. The summed E-state index contributed by atoms with van der Waals surface area (Å²) in [5.74, 6) is 0.770. The van der Waals surface area contributed by atoms with Crippen LogP contribution in [0.15, 0.2) is 18.3 Å². The van der Waals surface area contributed by atoms with Crippen molar-refractivity contribution in [1.29, 1.82) is 0 Å². The Morgan fingerprint density at radius 2 is 2.47 bits per heavy atom. The lowest BCUT2D eigenvalue weighted by atomic mass is 10.2. The molecule has 0 aliphatic carbocycles. The highest BCUT2D eigenvalue weighted by atomic mass is 16.5. The third kappa shape index (κ3) is 2.55. The summed E-state index contributed by atoms with van der Waals surface area (Å²) in [4.78, 5) is 17.6. The third-order valence-electron chi connectivity index (χ3n) is 3.01. The maximum atomic E-state index is 11.7. The molecule has 0 spiro atoms. The summed E-state index contributed by atoms with van der Waals surface area (Å²) in [5, 5.41) is 3.24. The molecule has 1 saturated heterocycles. The van der Waals surface area contributed by atoms with Crippen molar-refractivity contribution in [2.45, 2.75) is 19.0 Å². The Hall–Kier alpha value is -1.62. The van der Waals surface area contributed by atoms with Gasteiger partial charge in [0.2, 0.25) is 11.8 Å². The number of rotatable bonds is 4. The third-order valence-corrected chi connectivity index (χ3v) is 3.01. The van der Waals surface area contributed by atoms with Gasteiger partial charge >= 0.3 is 0 Å². The van der Waals surface area contributed by atoms with E-state index in [1.807, 2.05) is 19.2 Å². The van der Waals surface area contributed by atoms with E-state index in [-0.39, 0.29) is 11.9 Å². The largest absolute Gasteiger partial charge is 0.481 e. The van der Waals surface area contributed by atoms with E-state index in [2.05, 4.69) is 10.3 Å². The standard InChI is InChI=1S/C12H17N3O2/c1-15-7-5-10(12(15)16)14-8-9-4-3-6-13-11(9)17-2/h3-4,6,10,14H,5,7-8H2,1-2H3. The fraction of sp³-hybridized carbons (Fsp3) is 0.500. The number of hydrogen-bond donors (Lipinski definition) is 1. The second-order valence-corrected chi connectivity index (χ2v) is 4.15. The van der Waals surface area contributed by atoms with Crippen LogP contribution in [-0.2, 0) is 11.3 Å². The number of pyridine rings is 1. The number of ether oxygens (including phenoxy) is 1. The predicted octanol–water partition coefficient (Wildman–Crippen LogP) is 0.410. The Balaban J connectivity index is 1.96. The monoisotopic (exact) mass is 235 g/mol. The molecule has 5 nitrogen and oxygen atoms in total. The van der Waals surface area contributed by atoms with Crippen molar-refractivity contribution in [1.82, 2.24) is 15.2 Å². The Morgan fingerprint density at radius 3 is 3.12 bits per heavy atom. The van der Waals surface area contributed by atoms with Crippen LogP contribution in [0.5, 0.6) is 5.88 Å². The summed E-state index contributed by atoms with van der Waals surface area (Å²) < 4.78 is 5.16. The van der Waals surface area contributed by atoms with Crippen LogP contribution in [0.2, 0.25) is 0 Å². The van der Waals surface area contributed by atoms with Crippen molar-refractivity contribution in [3.05, 3.63) is 23.9 Å². The van der Waals surface area contributed by atoms with E-state index in [0.29, 0.717) is 12.4 Å². The van der Waals surface area contributed by atoms with Crippen molar-refractivity contribution in [3.8, 4) is 5.88 Å². The van der Waals surface area contributed by atoms with Gasteiger partial charge in [0.1, 0.15) is 0 Å². The number of carbonyl (C=O) groups excluding carboxylic acids is 1. The molecule has 1 aliphatic rings. The first-order chi connectivity index (χ1) is 8.22. The number of likely N-dealkylation sites (tertiary alicyclic amines) is 1. The number of methoxy groups -OCH3 is 1. The van der Waals surface area contributed by atoms with Gasteiger partial charge in [-0.15, -0.1) is 0 Å². The zero-order chi connectivity index (χ0) is 12.3. The SMILES string of the molecule is COc1ncccc1CNC1CCN(C)C1=O. The Labute approximate surface area is 101 Å². The minimum atomic E-state index is -0.0788. The summed E-state index contributed by atoms with van der Waals surface area (Å²) in [5.41, 5.74) is 0.970. The average molecular weight is 235 g/mol. The molecule has 92 valence electrons. The molecule has 2 rings (SSSR count). The van der Waals surface area contributed by atoms with Gasteiger partial charge in [-0.1, -0.05) is 6.07 Å². The Kier molecular flexibility index (Phi) is 3.58. The lowest BCUT2D eigenvalue weighted by Crippen LogP contribution is -2.36. The molecule has 0 aromatic carbocycles. The second-order valence-electron chi connectivity index (χ2n) is 4.15. The van der Waals surface area contributed by atoms with Gasteiger partial charge in [-0.3, -0.25) is 4.79 Å². The van der Waals surface area contributed by atoms with Crippen LogP contribution < -0.4 is 10.1 Å². The second kappa shape index (κ2) is 5.14. The molecular formula is C12H17N3O2. The first-order valence-electron chi connectivity index (χ1n) is 5.68. The number of nitrogens with one attached hydrogen (secondary N) is 1. The van der Waals surface area contributed by atoms with Crippen molar-refractivity contribution in [2.75, 3.05) is 20.7 Å². The van der Waals surface area contributed by atoms with E-state index >= 15 is 0 Å². The smallest absolute Gasteiger partial charge is 0.239 e. The van der Waals surface area contributed by atoms with Crippen molar-refractivity contribution < 1.29 is 9.53 Å². The number of aromatic nitrogens is 1. The van der Waals surface area contributed by atoms with Crippen LogP contribution in [0.25, 0.3) is 0 Å². The fourth-order valence-corrected chi connectivity index (χ4v) is 1.99. The molecule has 1 amide bonds. The van der Waals surface area contributed by atoms with Gasteiger partial charge in [0.05, 0.1) is 13.2 Å². The summed E-state index contributed by atoms with van der Waals surface area (Å²) in [6, 6.07) is 3.73. The maximum absolute atomic E-state index is 11.7. The van der Waals surface area contributed by atoms with Gasteiger partial charge in [-0.05, 0) is 12.5 Å². The van der Waals surface area contributed by atoms with Crippen LogP contribution in [-0.4, -0.2) is 42.5 Å². The molecular weight excluding hydrogens is 218 g/mol. The van der Waals surface area contributed by atoms with Crippen LogP contribution >= 0.6 is 0 Å². The van der Waals surface area contributed by atoms with E-state index in [1.165, 1.54) is 0 Å². The Bertz CT molecular complexity index is 408. The molecule has 5 heteroatoms.